The highest BCUT2D eigenvalue weighted by atomic mass is 16.6. The molecule has 1 spiro atoms. The normalized spacial score (nSPS) is 24.8. The number of likely N-dealkylation sites (tertiary alicyclic amines) is 1. The topological polar surface area (TPSA) is 62.7 Å². The van der Waals surface area contributed by atoms with Crippen molar-refractivity contribution in [3.63, 3.8) is 0 Å². The molecule has 112 valence electrons. The van der Waals surface area contributed by atoms with E-state index in [1.165, 1.54) is 0 Å². The first-order valence-corrected chi connectivity index (χ1v) is 7.21. The van der Waals surface area contributed by atoms with Crippen molar-refractivity contribution in [1.82, 2.24) is 14.8 Å². The van der Waals surface area contributed by atoms with Crippen LogP contribution >= 0.6 is 0 Å². The van der Waals surface area contributed by atoms with Gasteiger partial charge in [0.25, 0.3) is 5.91 Å². The van der Waals surface area contributed by atoms with Crippen LogP contribution in [0, 0.1) is 0 Å². The molecule has 0 bridgehead atoms. The van der Waals surface area contributed by atoms with Crippen LogP contribution in [0.15, 0.2) is 18.3 Å². The number of nitrogens with zero attached hydrogens (tertiary/aromatic N) is 3. The third-order valence-corrected chi connectivity index (χ3v) is 4.17. The summed E-state index contributed by atoms with van der Waals surface area (Å²) in [6.45, 7) is 3.64. The van der Waals surface area contributed by atoms with Gasteiger partial charge in [-0.3, -0.25) is 9.78 Å². The minimum absolute atomic E-state index is 0.0189. The standard InChI is InChI=1S/C15H19N3O3/c1-3-12-8-11(4-6-16-12)13(19)18-7-5-15(10-18)9-17(2)14(20)21-15/h4,6,8H,3,5,7,9-10H2,1-2H3. The molecule has 3 rings (SSSR count). The molecule has 0 N–H and O–H groups in total. The number of hydrogen-bond acceptors (Lipinski definition) is 4. The Morgan fingerprint density at radius 2 is 2.29 bits per heavy atom. The predicted octanol–water partition coefficient (Wildman–Crippen LogP) is 1.31. The minimum atomic E-state index is -0.526. The number of amides is 2. The van der Waals surface area contributed by atoms with E-state index in [2.05, 4.69) is 4.98 Å². The maximum absolute atomic E-state index is 12.6. The summed E-state index contributed by atoms with van der Waals surface area (Å²) in [5.74, 6) is -0.0189. The molecular weight excluding hydrogens is 270 g/mol. The molecule has 6 heteroatoms. The number of carbonyl (C=O) groups is 2. The fourth-order valence-electron chi connectivity index (χ4n) is 3.01. The Bertz CT molecular complexity index is 589. The highest BCUT2D eigenvalue weighted by molar-refractivity contribution is 5.94. The van der Waals surface area contributed by atoms with Crippen LogP contribution in [0.25, 0.3) is 0 Å². The van der Waals surface area contributed by atoms with Gasteiger partial charge in [-0.25, -0.2) is 4.79 Å². The summed E-state index contributed by atoms with van der Waals surface area (Å²) >= 11 is 0. The van der Waals surface area contributed by atoms with Gasteiger partial charge in [-0.1, -0.05) is 6.92 Å². The van der Waals surface area contributed by atoms with Crippen molar-refractivity contribution in [3.05, 3.63) is 29.6 Å². The zero-order chi connectivity index (χ0) is 15.0. The number of rotatable bonds is 2. The molecule has 1 unspecified atom stereocenters. The molecule has 21 heavy (non-hydrogen) atoms. The van der Waals surface area contributed by atoms with Gasteiger partial charge < -0.3 is 14.5 Å². The van der Waals surface area contributed by atoms with E-state index in [1.54, 1.807) is 29.1 Å². The van der Waals surface area contributed by atoms with E-state index >= 15 is 0 Å². The molecule has 2 fully saturated rings. The molecule has 1 atom stereocenters. The molecule has 1 aromatic heterocycles. The lowest BCUT2D eigenvalue weighted by Crippen LogP contribution is -2.39. The number of hydrogen-bond donors (Lipinski definition) is 0. The Morgan fingerprint density at radius 3 is 2.95 bits per heavy atom. The zero-order valence-electron chi connectivity index (χ0n) is 12.3. The Labute approximate surface area is 123 Å². The molecule has 6 nitrogen and oxygen atoms in total. The molecular formula is C15H19N3O3. The van der Waals surface area contributed by atoms with Crippen LogP contribution < -0.4 is 0 Å². The predicted molar refractivity (Wildman–Crippen MR) is 76.0 cm³/mol. The first-order chi connectivity index (χ1) is 10.0. The van der Waals surface area contributed by atoms with E-state index in [0.717, 1.165) is 12.1 Å². The SMILES string of the molecule is CCc1cc(C(=O)N2CCC3(CN(C)C(=O)O3)C2)ccn1. The Balaban J connectivity index is 1.74. The fourth-order valence-corrected chi connectivity index (χ4v) is 3.01. The number of aryl methyl sites for hydroxylation is 1. The molecule has 2 amide bonds. The van der Waals surface area contributed by atoms with Gasteiger partial charge in [0.15, 0.2) is 5.60 Å². The van der Waals surface area contributed by atoms with Gasteiger partial charge in [-0.15, -0.1) is 0 Å². The van der Waals surface area contributed by atoms with Crippen molar-refractivity contribution >= 4 is 12.0 Å². The third-order valence-electron chi connectivity index (χ3n) is 4.17. The lowest BCUT2D eigenvalue weighted by atomic mass is 10.0. The highest BCUT2D eigenvalue weighted by Crippen LogP contribution is 2.32. The van der Waals surface area contributed by atoms with Gasteiger partial charge in [-0.2, -0.15) is 0 Å². The molecule has 0 aromatic carbocycles. The second kappa shape index (κ2) is 5.02. The number of carbonyl (C=O) groups excluding carboxylic acids is 2. The van der Waals surface area contributed by atoms with E-state index in [9.17, 15) is 9.59 Å². The number of pyridine rings is 1. The van der Waals surface area contributed by atoms with E-state index in [0.29, 0.717) is 31.6 Å². The van der Waals surface area contributed by atoms with Gasteiger partial charge in [0.2, 0.25) is 0 Å². The molecule has 1 aromatic rings. The van der Waals surface area contributed by atoms with Gasteiger partial charge in [-0.05, 0) is 18.6 Å². The number of ether oxygens (including phenoxy) is 1. The molecule has 2 aliphatic heterocycles. The maximum Gasteiger partial charge on any atom is 0.410 e. The van der Waals surface area contributed by atoms with E-state index in [4.69, 9.17) is 4.74 Å². The van der Waals surface area contributed by atoms with Crippen LogP contribution in [0.4, 0.5) is 4.79 Å². The summed E-state index contributed by atoms with van der Waals surface area (Å²) in [7, 11) is 1.72. The third kappa shape index (κ3) is 2.46. The smallest absolute Gasteiger partial charge is 0.410 e. The van der Waals surface area contributed by atoms with Crippen molar-refractivity contribution in [1.29, 1.82) is 0 Å². The molecule has 2 saturated heterocycles. The van der Waals surface area contributed by atoms with Crippen LogP contribution in [0.5, 0.6) is 0 Å². The van der Waals surface area contributed by atoms with Crippen molar-refractivity contribution in [2.24, 2.45) is 0 Å². The van der Waals surface area contributed by atoms with Crippen molar-refractivity contribution in [3.8, 4) is 0 Å². The number of likely N-dealkylation sites (N-methyl/N-ethyl adjacent to an activating group) is 1. The molecule has 3 heterocycles. The summed E-state index contributed by atoms with van der Waals surface area (Å²) in [5, 5.41) is 0. The fraction of sp³-hybridized carbons (Fsp3) is 0.533. The lowest BCUT2D eigenvalue weighted by molar-refractivity contribution is 0.0553. The summed E-state index contributed by atoms with van der Waals surface area (Å²) < 4.78 is 5.46. The monoisotopic (exact) mass is 289 g/mol. The van der Waals surface area contributed by atoms with Crippen LogP contribution in [0.3, 0.4) is 0 Å². The van der Waals surface area contributed by atoms with E-state index in [1.807, 2.05) is 13.0 Å². The van der Waals surface area contributed by atoms with Crippen molar-refractivity contribution in [2.45, 2.75) is 25.4 Å². The highest BCUT2D eigenvalue weighted by Gasteiger charge is 2.49. The van der Waals surface area contributed by atoms with Gasteiger partial charge in [0, 0.05) is 37.5 Å². The second-order valence-electron chi connectivity index (χ2n) is 5.77. The quantitative estimate of drug-likeness (QED) is 0.823. The average Bonchev–Trinajstić information content (AvgIpc) is 3.02. The second-order valence-corrected chi connectivity index (χ2v) is 5.77. The van der Waals surface area contributed by atoms with Crippen molar-refractivity contribution < 1.29 is 14.3 Å². The Kier molecular flexibility index (Phi) is 3.31. The number of aromatic nitrogens is 1. The first-order valence-electron chi connectivity index (χ1n) is 7.21. The zero-order valence-corrected chi connectivity index (χ0v) is 12.3. The summed E-state index contributed by atoms with van der Waals surface area (Å²) in [5.41, 5.74) is 1.03. The molecule has 0 radical (unpaired) electrons. The first kappa shape index (κ1) is 13.9. The lowest BCUT2D eigenvalue weighted by Gasteiger charge is -2.21. The van der Waals surface area contributed by atoms with Crippen molar-refractivity contribution in [2.75, 3.05) is 26.7 Å². The van der Waals surface area contributed by atoms with E-state index < -0.39 is 5.60 Å². The largest absolute Gasteiger partial charge is 0.439 e. The van der Waals surface area contributed by atoms with Crippen LogP contribution in [-0.4, -0.2) is 59.1 Å². The molecule has 0 saturated carbocycles. The van der Waals surface area contributed by atoms with Gasteiger partial charge in [0.05, 0.1) is 13.1 Å². The maximum atomic E-state index is 12.6. The average molecular weight is 289 g/mol. The van der Waals surface area contributed by atoms with Crippen LogP contribution in [0.1, 0.15) is 29.4 Å². The summed E-state index contributed by atoms with van der Waals surface area (Å²) in [6, 6.07) is 3.57. The van der Waals surface area contributed by atoms with Crippen LogP contribution in [0.2, 0.25) is 0 Å². The molecule has 0 aliphatic carbocycles. The van der Waals surface area contributed by atoms with Gasteiger partial charge >= 0.3 is 6.09 Å². The Morgan fingerprint density at radius 1 is 1.48 bits per heavy atom. The van der Waals surface area contributed by atoms with Crippen LogP contribution in [-0.2, 0) is 11.2 Å². The molecule has 2 aliphatic rings. The van der Waals surface area contributed by atoms with Gasteiger partial charge in [0.1, 0.15) is 0 Å². The van der Waals surface area contributed by atoms with E-state index in [-0.39, 0.29) is 12.0 Å². The Hall–Kier alpha value is -2.11. The summed E-state index contributed by atoms with van der Waals surface area (Å²) in [6.07, 6.45) is 2.86. The minimum Gasteiger partial charge on any atom is -0.439 e. The summed E-state index contributed by atoms with van der Waals surface area (Å²) in [4.78, 5) is 31.7.